The lowest BCUT2D eigenvalue weighted by Gasteiger charge is -2.30. The summed E-state index contributed by atoms with van der Waals surface area (Å²) < 4.78 is 16.2. The number of fused-ring (bicyclic) bond motifs is 1. The zero-order valence-electron chi connectivity index (χ0n) is 17.0. The first-order valence-corrected chi connectivity index (χ1v) is 9.69. The lowest BCUT2D eigenvalue weighted by atomic mass is 9.98. The second kappa shape index (κ2) is 8.82. The van der Waals surface area contributed by atoms with E-state index in [9.17, 15) is 4.79 Å². The molecule has 0 N–H and O–H groups in total. The van der Waals surface area contributed by atoms with Crippen LogP contribution in [0.5, 0.6) is 17.4 Å². The standard InChI is InChI=1S/C23H23N3O4/c1-28-19-8-7-18(24-13-19)15-30-21-5-3-4-17-14-26(11-10-20(17)21)23(27)16-6-9-22(29-2)25-12-16/h3-9,12-13H,10-11,14-15H2,1-2H3. The summed E-state index contributed by atoms with van der Waals surface area (Å²) in [6.45, 7) is 1.54. The number of hydrogen-bond donors (Lipinski definition) is 0. The molecule has 0 fully saturated rings. The number of carbonyl (C=O) groups is 1. The molecule has 154 valence electrons. The molecule has 1 aliphatic heterocycles. The molecule has 7 heteroatoms. The summed E-state index contributed by atoms with van der Waals surface area (Å²) in [6, 6.07) is 13.2. The molecule has 0 saturated carbocycles. The van der Waals surface area contributed by atoms with Gasteiger partial charge < -0.3 is 19.1 Å². The number of hydrogen-bond acceptors (Lipinski definition) is 6. The van der Waals surface area contributed by atoms with Crippen molar-refractivity contribution in [2.45, 2.75) is 19.6 Å². The Balaban J connectivity index is 1.44. The molecule has 0 saturated heterocycles. The van der Waals surface area contributed by atoms with Crippen molar-refractivity contribution in [3.05, 3.63) is 77.2 Å². The second-order valence-corrected chi connectivity index (χ2v) is 6.94. The molecule has 1 aromatic carbocycles. The Labute approximate surface area is 175 Å². The van der Waals surface area contributed by atoms with Crippen LogP contribution in [0.2, 0.25) is 0 Å². The largest absolute Gasteiger partial charge is 0.495 e. The van der Waals surface area contributed by atoms with Gasteiger partial charge in [-0.25, -0.2) is 4.98 Å². The Hall–Kier alpha value is -3.61. The van der Waals surface area contributed by atoms with Gasteiger partial charge in [0.25, 0.3) is 5.91 Å². The van der Waals surface area contributed by atoms with Gasteiger partial charge in [-0.1, -0.05) is 12.1 Å². The van der Waals surface area contributed by atoms with Crippen LogP contribution in [0.15, 0.2) is 54.9 Å². The third-order valence-electron chi connectivity index (χ3n) is 5.11. The van der Waals surface area contributed by atoms with Gasteiger partial charge in [-0.3, -0.25) is 9.78 Å². The lowest BCUT2D eigenvalue weighted by Crippen LogP contribution is -2.36. The fourth-order valence-electron chi connectivity index (χ4n) is 3.46. The number of aromatic nitrogens is 2. The van der Waals surface area contributed by atoms with Crippen molar-refractivity contribution in [3.8, 4) is 17.4 Å². The van der Waals surface area contributed by atoms with E-state index in [2.05, 4.69) is 9.97 Å². The summed E-state index contributed by atoms with van der Waals surface area (Å²) in [5.41, 5.74) is 3.62. The van der Waals surface area contributed by atoms with Gasteiger partial charge in [-0.2, -0.15) is 0 Å². The first-order chi connectivity index (χ1) is 14.7. The fraction of sp³-hybridized carbons (Fsp3) is 0.261. The van der Waals surface area contributed by atoms with Crippen LogP contribution < -0.4 is 14.2 Å². The van der Waals surface area contributed by atoms with Gasteiger partial charge in [-0.15, -0.1) is 0 Å². The lowest BCUT2D eigenvalue weighted by molar-refractivity contribution is 0.0733. The van der Waals surface area contributed by atoms with Gasteiger partial charge in [0.05, 0.1) is 31.7 Å². The van der Waals surface area contributed by atoms with E-state index in [-0.39, 0.29) is 5.91 Å². The molecule has 1 amide bonds. The van der Waals surface area contributed by atoms with E-state index in [1.807, 2.05) is 35.2 Å². The highest BCUT2D eigenvalue weighted by Gasteiger charge is 2.24. The van der Waals surface area contributed by atoms with Gasteiger partial charge in [0.2, 0.25) is 5.88 Å². The quantitative estimate of drug-likeness (QED) is 0.627. The van der Waals surface area contributed by atoms with Crippen LogP contribution in [-0.2, 0) is 19.6 Å². The smallest absolute Gasteiger partial charge is 0.255 e. The number of ether oxygens (including phenoxy) is 3. The van der Waals surface area contributed by atoms with E-state index in [1.54, 1.807) is 38.7 Å². The number of pyridine rings is 2. The second-order valence-electron chi connectivity index (χ2n) is 6.94. The molecule has 2 aromatic heterocycles. The molecule has 1 aliphatic rings. The maximum absolute atomic E-state index is 12.9. The van der Waals surface area contributed by atoms with Crippen LogP contribution in [0.25, 0.3) is 0 Å². The Kier molecular flexibility index (Phi) is 5.79. The van der Waals surface area contributed by atoms with Crippen molar-refractivity contribution in [1.82, 2.24) is 14.9 Å². The normalized spacial score (nSPS) is 12.8. The molecule has 7 nitrogen and oxygen atoms in total. The van der Waals surface area contributed by atoms with E-state index < -0.39 is 0 Å². The Morgan fingerprint density at radius 2 is 1.93 bits per heavy atom. The number of rotatable bonds is 6. The van der Waals surface area contributed by atoms with Crippen LogP contribution in [0, 0.1) is 0 Å². The van der Waals surface area contributed by atoms with Gasteiger partial charge in [0.15, 0.2) is 0 Å². The van der Waals surface area contributed by atoms with Crippen molar-refractivity contribution in [1.29, 1.82) is 0 Å². The van der Waals surface area contributed by atoms with Crippen molar-refractivity contribution in [3.63, 3.8) is 0 Å². The molecular formula is C23H23N3O4. The van der Waals surface area contributed by atoms with E-state index in [0.29, 0.717) is 36.9 Å². The molecule has 0 atom stereocenters. The molecule has 0 unspecified atom stereocenters. The topological polar surface area (TPSA) is 73.8 Å². The summed E-state index contributed by atoms with van der Waals surface area (Å²) in [5.74, 6) is 2.00. The number of amides is 1. The highest BCUT2D eigenvalue weighted by Crippen LogP contribution is 2.29. The Morgan fingerprint density at radius 3 is 2.63 bits per heavy atom. The van der Waals surface area contributed by atoms with Gasteiger partial charge in [-0.05, 0) is 36.2 Å². The molecule has 3 aromatic rings. The average molecular weight is 405 g/mol. The number of carbonyl (C=O) groups excluding carboxylic acids is 1. The van der Waals surface area contributed by atoms with Crippen LogP contribution in [-0.4, -0.2) is 41.5 Å². The van der Waals surface area contributed by atoms with Gasteiger partial charge >= 0.3 is 0 Å². The molecule has 0 radical (unpaired) electrons. The van der Waals surface area contributed by atoms with Crippen molar-refractivity contribution in [2.75, 3.05) is 20.8 Å². The van der Waals surface area contributed by atoms with Crippen molar-refractivity contribution >= 4 is 5.91 Å². The summed E-state index contributed by atoms with van der Waals surface area (Å²) in [5, 5.41) is 0. The van der Waals surface area contributed by atoms with Gasteiger partial charge in [0.1, 0.15) is 18.1 Å². The van der Waals surface area contributed by atoms with E-state index in [1.165, 1.54) is 0 Å². The summed E-state index contributed by atoms with van der Waals surface area (Å²) in [4.78, 5) is 23.2. The third kappa shape index (κ3) is 4.20. The summed E-state index contributed by atoms with van der Waals surface area (Å²) >= 11 is 0. The molecule has 0 bridgehead atoms. The maximum atomic E-state index is 12.9. The summed E-state index contributed by atoms with van der Waals surface area (Å²) in [6.07, 6.45) is 3.96. The van der Waals surface area contributed by atoms with Gasteiger partial charge in [0, 0.05) is 30.9 Å². The molecule has 0 spiro atoms. The first-order valence-electron chi connectivity index (χ1n) is 9.69. The summed E-state index contributed by atoms with van der Waals surface area (Å²) in [7, 11) is 3.17. The molecule has 4 rings (SSSR count). The van der Waals surface area contributed by atoms with Crippen LogP contribution in [0.1, 0.15) is 27.2 Å². The Morgan fingerprint density at radius 1 is 1.03 bits per heavy atom. The monoisotopic (exact) mass is 405 g/mol. The predicted molar refractivity (Wildman–Crippen MR) is 111 cm³/mol. The van der Waals surface area contributed by atoms with E-state index in [0.717, 1.165) is 29.0 Å². The van der Waals surface area contributed by atoms with Crippen molar-refractivity contribution < 1.29 is 19.0 Å². The highest BCUT2D eigenvalue weighted by atomic mass is 16.5. The molecule has 3 heterocycles. The average Bonchev–Trinajstić information content (AvgIpc) is 2.82. The van der Waals surface area contributed by atoms with E-state index in [4.69, 9.17) is 14.2 Å². The highest BCUT2D eigenvalue weighted by molar-refractivity contribution is 5.94. The molecular weight excluding hydrogens is 382 g/mol. The number of methoxy groups -OCH3 is 2. The molecule has 0 aliphatic carbocycles. The minimum absolute atomic E-state index is 0.0374. The fourth-order valence-corrected chi connectivity index (χ4v) is 3.46. The number of benzene rings is 1. The first kappa shape index (κ1) is 19.7. The third-order valence-corrected chi connectivity index (χ3v) is 5.11. The zero-order valence-corrected chi connectivity index (χ0v) is 17.0. The minimum atomic E-state index is -0.0374. The zero-order chi connectivity index (χ0) is 20.9. The SMILES string of the molecule is COc1ccc(COc2cccc3c2CCN(C(=O)c2ccc(OC)nc2)C3)nc1. The van der Waals surface area contributed by atoms with Crippen LogP contribution in [0.3, 0.4) is 0 Å². The molecule has 30 heavy (non-hydrogen) atoms. The maximum Gasteiger partial charge on any atom is 0.255 e. The van der Waals surface area contributed by atoms with E-state index >= 15 is 0 Å². The van der Waals surface area contributed by atoms with Crippen LogP contribution >= 0.6 is 0 Å². The Bertz CT molecular complexity index is 1020. The van der Waals surface area contributed by atoms with Crippen molar-refractivity contribution in [2.24, 2.45) is 0 Å². The predicted octanol–water partition coefficient (Wildman–Crippen LogP) is 3.27. The minimum Gasteiger partial charge on any atom is -0.495 e. The van der Waals surface area contributed by atoms with Crippen LogP contribution in [0.4, 0.5) is 0 Å². The number of nitrogens with zero attached hydrogens (tertiary/aromatic N) is 3.